The molecule has 0 bridgehead atoms. The molecular weight excluding hydrogens is 548 g/mol. The van der Waals surface area contributed by atoms with Crippen molar-refractivity contribution in [3.8, 4) is 11.1 Å². The molecule has 0 unspecified atom stereocenters. The number of nitrogens with one attached hydrogen (secondary N) is 4. The van der Waals surface area contributed by atoms with E-state index in [1.165, 1.54) is 18.6 Å². The van der Waals surface area contributed by atoms with Crippen molar-refractivity contribution in [2.45, 2.75) is 39.0 Å². The first-order valence-electron chi connectivity index (χ1n) is 14.5. The van der Waals surface area contributed by atoms with E-state index in [0.717, 1.165) is 42.7 Å². The van der Waals surface area contributed by atoms with E-state index in [2.05, 4.69) is 28.6 Å². The highest BCUT2D eigenvalue weighted by atomic mass is 19.1. The second-order valence-electron chi connectivity index (χ2n) is 10.5. The van der Waals surface area contributed by atoms with Gasteiger partial charge >= 0.3 is 5.97 Å². The van der Waals surface area contributed by atoms with Gasteiger partial charge in [-0.25, -0.2) is 13.6 Å². The number of rotatable bonds is 15. The minimum absolute atomic E-state index is 0.298. The summed E-state index contributed by atoms with van der Waals surface area (Å²) in [6, 6.07) is 24.2. The van der Waals surface area contributed by atoms with E-state index in [-0.39, 0.29) is 5.69 Å². The molecule has 0 aliphatic rings. The number of ether oxygens (including phenoxy) is 1. The largest absolute Gasteiger partial charge is 0.462 e. The van der Waals surface area contributed by atoms with Gasteiger partial charge in [-0.2, -0.15) is 0 Å². The van der Waals surface area contributed by atoms with Gasteiger partial charge in [-0.3, -0.25) is 5.43 Å². The van der Waals surface area contributed by atoms with Crippen LogP contribution in [0.3, 0.4) is 0 Å². The molecule has 0 spiro atoms. The van der Waals surface area contributed by atoms with E-state index < -0.39 is 17.6 Å². The molecule has 0 heterocycles. The van der Waals surface area contributed by atoms with Crippen molar-refractivity contribution < 1.29 is 18.3 Å². The first kappa shape index (κ1) is 31.2. The average Bonchev–Trinajstić information content (AvgIpc) is 3.02. The van der Waals surface area contributed by atoms with Crippen LogP contribution in [0.2, 0.25) is 0 Å². The molecule has 4 aromatic rings. The van der Waals surface area contributed by atoms with Crippen LogP contribution in [0.4, 0.5) is 37.2 Å². The fourth-order valence-corrected chi connectivity index (χ4v) is 4.37. The van der Waals surface area contributed by atoms with E-state index in [1.807, 2.05) is 55.4 Å². The number of hydrogen-bond donors (Lipinski definition) is 4. The molecule has 226 valence electrons. The predicted molar refractivity (Wildman–Crippen MR) is 173 cm³/mol. The van der Waals surface area contributed by atoms with Crippen LogP contribution in [-0.2, 0) is 4.74 Å². The Kier molecular flexibility index (Phi) is 11.2. The molecule has 0 radical (unpaired) electrons. The van der Waals surface area contributed by atoms with E-state index >= 15 is 0 Å². The summed E-state index contributed by atoms with van der Waals surface area (Å²) in [6.45, 7) is 2.54. The summed E-state index contributed by atoms with van der Waals surface area (Å²) in [5.74, 6) is -1.91. The second-order valence-corrected chi connectivity index (χ2v) is 10.5. The Hall–Kier alpha value is -4.79. The first-order chi connectivity index (χ1) is 20.8. The number of benzene rings is 4. The summed E-state index contributed by atoms with van der Waals surface area (Å²) < 4.78 is 35.2. The zero-order valence-electron chi connectivity index (χ0n) is 24.8. The molecule has 0 saturated carbocycles. The lowest BCUT2D eigenvalue weighted by atomic mass is 10.0. The number of unbranched alkanes of at least 4 members (excludes halogenated alkanes) is 4. The van der Waals surface area contributed by atoms with Crippen LogP contribution in [0.5, 0.6) is 0 Å². The van der Waals surface area contributed by atoms with Crippen molar-refractivity contribution in [2.75, 3.05) is 47.3 Å². The van der Waals surface area contributed by atoms with Gasteiger partial charge in [0.1, 0.15) is 5.69 Å². The molecule has 0 fully saturated rings. The summed E-state index contributed by atoms with van der Waals surface area (Å²) in [6.07, 6.45) is 5.35. The van der Waals surface area contributed by atoms with Gasteiger partial charge in [0.2, 0.25) is 0 Å². The number of anilines is 5. The molecule has 0 aliphatic heterocycles. The smallest absolute Gasteiger partial charge is 0.338 e. The first-order valence-corrected chi connectivity index (χ1v) is 14.5. The maximum absolute atomic E-state index is 14.9. The number of carbonyl (C=O) groups is 1. The lowest BCUT2D eigenvalue weighted by Crippen LogP contribution is -2.12. The van der Waals surface area contributed by atoms with E-state index in [4.69, 9.17) is 4.74 Å². The fraction of sp³-hybridized carbons (Fsp3) is 0.265. The van der Waals surface area contributed by atoms with Crippen LogP contribution < -0.4 is 26.6 Å². The van der Waals surface area contributed by atoms with Crippen LogP contribution in [0.15, 0.2) is 84.9 Å². The van der Waals surface area contributed by atoms with Crippen LogP contribution >= 0.6 is 0 Å². The number of carbonyl (C=O) groups excluding carboxylic acids is 1. The third-order valence-corrected chi connectivity index (χ3v) is 6.93. The standard InChI is InChI=1S/C34H39F2N5O2/c1-4-5-6-7-8-21-43-34(42)25-11-9-24(10-12-25)26-22-31(35)33(32(36)23-26)40-39-28-15-13-27(14-16-28)37-38-29-17-19-30(20-18-29)41(2)3/h9-20,22-23,37-40H,4-8,21H2,1-3H3. The Morgan fingerprint density at radius 2 is 1.19 bits per heavy atom. The Morgan fingerprint density at radius 1 is 0.674 bits per heavy atom. The number of esters is 1. The molecule has 4 rings (SSSR count). The summed E-state index contributed by atoms with van der Waals surface area (Å²) in [5, 5.41) is 0. The summed E-state index contributed by atoms with van der Waals surface area (Å²) in [5.41, 5.74) is 16.2. The molecule has 4 N–H and O–H groups in total. The van der Waals surface area contributed by atoms with Crippen molar-refractivity contribution in [1.82, 2.24) is 0 Å². The van der Waals surface area contributed by atoms with E-state index in [9.17, 15) is 13.6 Å². The minimum atomic E-state index is -0.753. The predicted octanol–water partition coefficient (Wildman–Crippen LogP) is 8.70. The monoisotopic (exact) mass is 587 g/mol. The van der Waals surface area contributed by atoms with Crippen LogP contribution in [0.25, 0.3) is 11.1 Å². The fourth-order valence-electron chi connectivity index (χ4n) is 4.37. The number of hydrogen-bond acceptors (Lipinski definition) is 7. The summed E-state index contributed by atoms with van der Waals surface area (Å²) in [4.78, 5) is 14.3. The lowest BCUT2D eigenvalue weighted by Gasteiger charge is -2.15. The van der Waals surface area contributed by atoms with Crippen molar-refractivity contribution in [1.29, 1.82) is 0 Å². The normalized spacial score (nSPS) is 10.6. The zero-order valence-corrected chi connectivity index (χ0v) is 24.8. The Balaban J connectivity index is 1.28. The molecule has 0 aliphatic carbocycles. The number of hydrazine groups is 2. The third kappa shape index (κ3) is 9.10. The van der Waals surface area contributed by atoms with Gasteiger partial charge in [-0.05, 0) is 90.3 Å². The van der Waals surface area contributed by atoms with Crippen molar-refractivity contribution in [3.63, 3.8) is 0 Å². The quantitative estimate of drug-likeness (QED) is 0.0630. The van der Waals surface area contributed by atoms with Crippen LogP contribution in [-0.4, -0.2) is 26.7 Å². The van der Waals surface area contributed by atoms with Gasteiger partial charge < -0.3 is 25.9 Å². The van der Waals surface area contributed by atoms with Crippen molar-refractivity contribution in [3.05, 3.63) is 102 Å². The van der Waals surface area contributed by atoms with E-state index in [0.29, 0.717) is 29.0 Å². The lowest BCUT2D eigenvalue weighted by molar-refractivity contribution is 0.0497. The molecular formula is C34H39F2N5O2. The topological polar surface area (TPSA) is 77.7 Å². The van der Waals surface area contributed by atoms with Gasteiger partial charge in [-0.1, -0.05) is 44.7 Å². The number of halogens is 2. The van der Waals surface area contributed by atoms with Crippen molar-refractivity contribution >= 4 is 34.4 Å². The summed E-state index contributed by atoms with van der Waals surface area (Å²) >= 11 is 0. The highest BCUT2D eigenvalue weighted by Gasteiger charge is 2.14. The summed E-state index contributed by atoms with van der Waals surface area (Å²) in [7, 11) is 3.98. The molecule has 0 aromatic heterocycles. The molecule has 43 heavy (non-hydrogen) atoms. The van der Waals surface area contributed by atoms with Crippen molar-refractivity contribution in [2.24, 2.45) is 0 Å². The highest BCUT2D eigenvalue weighted by molar-refractivity contribution is 5.90. The van der Waals surface area contributed by atoms with Gasteiger partial charge in [0, 0.05) is 19.8 Å². The van der Waals surface area contributed by atoms with Gasteiger partial charge in [0.05, 0.1) is 29.2 Å². The minimum Gasteiger partial charge on any atom is -0.462 e. The molecule has 4 aromatic carbocycles. The molecule has 0 atom stereocenters. The van der Waals surface area contributed by atoms with Gasteiger partial charge in [0.25, 0.3) is 0 Å². The second kappa shape index (κ2) is 15.4. The Morgan fingerprint density at radius 3 is 1.72 bits per heavy atom. The molecule has 0 saturated heterocycles. The van der Waals surface area contributed by atoms with Gasteiger partial charge in [0.15, 0.2) is 11.6 Å². The van der Waals surface area contributed by atoms with Gasteiger partial charge in [-0.15, -0.1) is 0 Å². The highest BCUT2D eigenvalue weighted by Crippen LogP contribution is 2.28. The average molecular weight is 588 g/mol. The van der Waals surface area contributed by atoms with E-state index in [1.54, 1.807) is 36.4 Å². The zero-order chi connectivity index (χ0) is 30.6. The molecule has 7 nitrogen and oxygen atoms in total. The Labute approximate surface area is 252 Å². The van der Waals surface area contributed by atoms with Crippen LogP contribution in [0, 0.1) is 11.6 Å². The Bertz CT molecular complexity index is 1440. The third-order valence-electron chi connectivity index (χ3n) is 6.93. The number of nitrogens with zero attached hydrogens (tertiary/aromatic N) is 1. The molecule has 9 heteroatoms. The SMILES string of the molecule is CCCCCCCOC(=O)c1ccc(-c2cc(F)c(NNc3ccc(NNc4ccc(N(C)C)cc4)cc3)c(F)c2)cc1. The maximum atomic E-state index is 14.9. The van der Waals surface area contributed by atoms with Crippen LogP contribution in [0.1, 0.15) is 49.4 Å². The molecule has 0 amide bonds. The maximum Gasteiger partial charge on any atom is 0.338 e.